The Hall–Kier alpha value is -1.44. The standard InChI is InChI=1S/C15H13ClN2O3S2/c1-8-3-12-10(5-11(8)16)9(4-14(19)20-12)6-23-15-18-17-13(21-15)7-22-2/h3-5H,6-7H2,1-2H3. The molecule has 0 saturated heterocycles. The smallest absolute Gasteiger partial charge is 0.336 e. The highest BCUT2D eigenvalue weighted by Crippen LogP contribution is 2.29. The van der Waals surface area contributed by atoms with Crippen molar-refractivity contribution in [1.29, 1.82) is 0 Å². The number of hydrogen-bond acceptors (Lipinski definition) is 7. The van der Waals surface area contributed by atoms with Crippen LogP contribution in [0.15, 0.2) is 37.1 Å². The zero-order chi connectivity index (χ0) is 16.4. The minimum Gasteiger partial charge on any atom is -0.423 e. The van der Waals surface area contributed by atoms with Crippen molar-refractivity contribution in [3.8, 4) is 0 Å². The highest BCUT2D eigenvalue weighted by molar-refractivity contribution is 7.98. The maximum atomic E-state index is 11.7. The monoisotopic (exact) mass is 368 g/mol. The molecule has 0 bridgehead atoms. The molecule has 8 heteroatoms. The summed E-state index contributed by atoms with van der Waals surface area (Å²) < 4.78 is 10.8. The van der Waals surface area contributed by atoms with Crippen molar-refractivity contribution in [2.75, 3.05) is 6.26 Å². The van der Waals surface area contributed by atoms with Crippen LogP contribution in [-0.4, -0.2) is 16.5 Å². The van der Waals surface area contributed by atoms with Gasteiger partial charge in [0.2, 0.25) is 5.89 Å². The Balaban J connectivity index is 1.89. The average molecular weight is 369 g/mol. The normalized spacial score (nSPS) is 11.3. The molecule has 3 rings (SSSR count). The second-order valence-electron chi connectivity index (χ2n) is 4.87. The van der Waals surface area contributed by atoms with Crippen LogP contribution in [0.3, 0.4) is 0 Å². The van der Waals surface area contributed by atoms with E-state index in [1.54, 1.807) is 17.8 Å². The molecule has 120 valence electrons. The first-order valence-electron chi connectivity index (χ1n) is 6.74. The summed E-state index contributed by atoms with van der Waals surface area (Å²) in [6, 6.07) is 5.06. The highest BCUT2D eigenvalue weighted by atomic mass is 35.5. The lowest BCUT2D eigenvalue weighted by atomic mass is 10.1. The fraction of sp³-hybridized carbons (Fsp3) is 0.267. The van der Waals surface area contributed by atoms with Crippen LogP contribution in [0.1, 0.15) is 17.0 Å². The van der Waals surface area contributed by atoms with Gasteiger partial charge in [-0.15, -0.1) is 10.2 Å². The van der Waals surface area contributed by atoms with Gasteiger partial charge >= 0.3 is 5.63 Å². The van der Waals surface area contributed by atoms with E-state index in [9.17, 15) is 4.79 Å². The Labute approximate surface area is 145 Å². The molecule has 1 aromatic carbocycles. The van der Waals surface area contributed by atoms with Crippen molar-refractivity contribution in [3.05, 3.63) is 50.7 Å². The molecule has 0 fully saturated rings. The van der Waals surface area contributed by atoms with Gasteiger partial charge in [0.25, 0.3) is 5.22 Å². The summed E-state index contributed by atoms with van der Waals surface area (Å²) in [5, 5.41) is 9.89. The molecule has 0 saturated carbocycles. The van der Waals surface area contributed by atoms with Gasteiger partial charge in [0.05, 0.1) is 5.75 Å². The Morgan fingerprint density at radius 2 is 2.00 bits per heavy atom. The molecular weight excluding hydrogens is 356 g/mol. The van der Waals surface area contributed by atoms with E-state index in [1.807, 2.05) is 19.2 Å². The highest BCUT2D eigenvalue weighted by Gasteiger charge is 2.11. The summed E-state index contributed by atoms with van der Waals surface area (Å²) in [5.41, 5.74) is 1.84. The average Bonchev–Trinajstić information content (AvgIpc) is 2.95. The van der Waals surface area contributed by atoms with Crippen molar-refractivity contribution in [3.63, 3.8) is 0 Å². The van der Waals surface area contributed by atoms with Crippen molar-refractivity contribution < 1.29 is 8.83 Å². The van der Waals surface area contributed by atoms with Crippen LogP contribution in [-0.2, 0) is 11.5 Å². The van der Waals surface area contributed by atoms with Gasteiger partial charge in [-0.25, -0.2) is 4.79 Å². The lowest BCUT2D eigenvalue weighted by Crippen LogP contribution is -2.00. The maximum absolute atomic E-state index is 11.7. The molecule has 0 unspecified atom stereocenters. The first-order valence-corrected chi connectivity index (χ1v) is 9.49. The second kappa shape index (κ2) is 6.98. The number of hydrogen-bond donors (Lipinski definition) is 0. The molecule has 0 spiro atoms. The van der Waals surface area contributed by atoms with Gasteiger partial charge in [-0.3, -0.25) is 0 Å². The summed E-state index contributed by atoms with van der Waals surface area (Å²) in [7, 11) is 0. The van der Waals surface area contributed by atoms with Gasteiger partial charge in [-0.2, -0.15) is 11.8 Å². The molecule has 0 aliphatic heterocycles. The van der Waals surface area contributed by atoms with E-state index in [4.69, 9.17) is 20.4 Å². The summed E-state index contributed by atoms with van der Waals surface area (Å²) in [6.07, 6.45) is 1.97. The zero-order valence-electron chi connectivity index (χ0n) is 12.5. The minimum atomic E-state index is -0.386. The number of nitrogens with zero attached hydrogens (tertiary/aromatic N) is 2. The van der Waals surface area contributed by atoms with Gasteiger partial charge in [-0.05, 0) is 36.4 Å². The maximum Gasteiger partial charge on any atom is 0.336 e. The van der Waals surface area contributed by atoms with Gasteiger partial charge in [0.15, 0.2) is 0 Å². The van der Waals surface area contributed by atoms with Crippen molar-refractivity contribution in [2.24, 2.45) is 0 Å². The molecule has 2 heterocycles. The second-order valence-corrected chi connectivity index (χ2v) is 7.07. The number of aryl methyl sites for hydroxylation is 1. The molecule has 2 aromatic heterocycles. The molecule has 3 aromatic rings. The molecular formula is C15H13ClN2O3S2. The van der Waals surface area contributed by atoms with Crippen molar-refractivity contribution in [1.82, 2.24) is 10.2 Å². The number of benzene rings is 1. The van der Waals surface area contributed by atoms with Crippen molar-refractivity contribution in [2.45, 2.75) is 23.7 Å². The number of fused-ring (bicyclic) bond motifs is 1. The first kappa shape index (κ1) is 16.4. The topological polar surface area (TPSA) is 69.1 Å². The Kier molecular flexibility index (Phi) is 4.99. The van der Waals surface area contributed by atoms with E-state index in [1.165, 1.54) is 17.8 Å². The number of aromatic nitrogens is 2. The van der Waals surface area contributed by atoms with E-state index in [0.29, 0.717) is 33.2 Å². The van der Waals surface area contributed by atoms with E-state index < -0.39 is 0 Å². The quantitative estimate of drug-likeness (QED) is 0.491. The van der Waals surface area contributed by atoms with Crippen molar-refractivity contribution >= 4 is 46.1 Å². The van der Waals surface area contributed by atoms with Gasteiger partial charge in [-0.1, -0.05) is 23.4 Å². The fourth-order valence-electron chi connectivity index (χ4n) is 2.09. The van der Waals surface area contributed by atoms with Crippen LogP contribution in [0.4, 0.5) is 0 Å². The number of halogens is 1. The largest absolute Gasteiger partial charge is 0.423 e. The van der Waals surface area contributed by atoms with Crippen LogP contribution in [0.2, 0.25) is 5.02 Å². The fourth-order valence-corrected chi connectivity index (χ4v) is 3.38. The van der Waals surface area contributed by atoms with Crippen LogP contribution in [0, 0.1) is 6.92 Å². The van der Waals surface area contributed by atoms with E-state index in [0.717, 1.165) is 16.5 Å². The van der Waals surface area contributed by atoms with E-state index in [2.05, 4.69) is 10.2 Å². The number of thioether (sulfide) groups is 2. The summed E-state index contributed by atoms with van der Waals surface area (Å²) in [4.78, 5) is 11.7. The van der Waals surface area contributed by atoms with E-state index in [-0.39, 0.29) is 5.63 Å². The van der Waals surface area contributed by atoms with Crippen LogP contribution >= 0.6 is 35.1 Å². The first-order chi connectivity index (χ1) is 11.1. The predicted octanol–water partition coefficient (Wildman–Crippen LogP) is 4.29. The summed E-state index contributed by atoms with van der Waals surface area (Å²) >= 11 is 9.18. The van der Waals surface area contributed by atoms with Crippen LogP contribution < -0.4 is 5.63 Å². The predicted molar refractivity (Wildman–Crippen MR) is 93.3 cm³/mol. The summed E-state index contributed by atoms with van der Waals surface area (Å²) in [6.45, 7) is 1.87. The van der Waals surface area contributed by atoms with Crippen LogP contribution in [0.5, 0.6) is 0 Å². The third kappa shape index (κ3) is 3.73. The zero-order valence-corrected chi connectivity index (χ0v) is 14.8. The lowest BCUT2D eigenvalue weighted by Gasteiger charge is -2.06. The van der Waals surface area contributed by atoms with Gasteiger partial charge in [0, 0.05) is 22.2 Å². The molecule has 0 radical (unpaired) electrons. The lowest BCUT2D eigenvalue weighted by molar-refractivity contribution is 0.426. The third-order valence-electron chi connectivity index (χ3n) is 3.18. The third-order valence-corrected chi connectivity index (χ3v) is 4.99. The van der Waals surface area contributed by atoms with Gasteiger partial charge < -0.3 is 8.83 Å². The SMILES string of the molecule is CSCc1nnc(SCc2cc(=O)oc3cc(C)c(Cl)cc23)o1. The Morgan fingerprint density at radius 1 is 1.17 bits per heavy atom. The van der Waals surface area contributed by atoms with Gasteiger partial charge in [0.1, 0.15) is 5.58 Å². The molecule has 23 heavy (non-hydrogen) atoms. The molecule has 0 aliphatic rings. The van der Waals surface area contributed by atoms with E-state index >= 15 is 0 Å². The minimum absolute atomic E-state index is 0.386. The Bertz CT molecular complexity index is 907. The molecule has 0 N–H and O–H groups in total. The molecule has 0 aliphatic carbocycles. The molecule has 0 atom stereocenters. The van der Waals surface area contributed by atoms with Crippen LogP contribution in [0.25, 0.3) is 11.0 Å². The molecule has 0 amide bonds. The summed E-state index contributed by atoms with van der Waals surface area (Å²) in [5.74, 6) is 1.79. The number of rotatable bonds is 5. The Morgan fingerprint density at radius 3 is 2.78 bits per heavy atom. The molecule has 5 nitrogen and oxygen atoms in total.